The Morgan fingerprint density at radius 3 is 2.00 bits per heavy atom. The summed E-state index contributed by atoms with van der Waals surface area (Å²) in [5.74, 6) is 0.769. The molecule has 1 aliphatic rings. The number of allylic oxidation sites excluding steroid dienone is 4. The summed E-state index contributed by atoms with van der Waals surface area (Å²) in [5.41, 5.74) is 0. The van der Waals surface area contributed by atoms with Crippen molar-refractivity contribution in [2.75, 3.05) is 0 Å². The van der Waals surface area contributed by atoms with Gasteiger partial charge in [0.05, 0.1) is 0 Å². The quantitative estimate of drug-likeness (QED) is 0.490. The van der Waals surface area contributed by atoms with Crippen molar-refractivity contribution < 1.29 is 0 Å². The molecule has 1 atom stereocenters. The Bertz CT molecular complexity index is 109. The van der Waals surface area contributed by atoms with E-state index in [1.807, 2.05) is 0 Å². The van der Waals surface area contributed by atoms with Gasteiger partial charge in [-0.3, -0.25) is 0 Å². The fourth-order valence-electron chi connectivity index (χ4n) is 0.704. The minimum atomic E-state index is 0. The lowest BCUT2D eigenvalue weighted by molar-refractivity contribution is 0.737. The van der Waals surface area contributed by atoms with Crippen LogP contribution in [0.2, 0.25) is 0 Å². The fraction of sp³-hybridized carbons (Fsp3) is 0.636. The first kappa shape index (κ1) is 13.1. The first-order chi connectivity index (χ1) is 4.81. The molecule has 0 N–H and O–H groups in total. The first-order valence-corrected chi connectivity index (χ1v) is 4.14. The molecule has 0 aromatic carbocycles. The van der Waals surface area contributed by atoms with Gasteiger partial charge < -0.3 is 0 Å². The van der Waals surface area contributed by atoms with Gasteiger partial charge in [0, 0.05) is 0 Å². The molecule has 1 aliphatic carbocycles. The summed E-state index contributed by atoms with van der Waals surface area (Å²) < 4.78 is 0. The average molecular weight is 154 g/mol. The minimum Gasteiger partial charge on any atom is -0.0840 e. The molecule has 0 nitrogen and oxygen atoms in total. The van der Waals surface area contributed by atoms with E-state index in [2.05, 4.69) is 45.1 Å². The van der Waals surface area contributed by atoms with E-state index in [1.165, 1.54) is 12.8 Å². The molecule has 0 aliphatic heterocycles. The minimum absolute atomic E-state index is 0. The zero-order valence-corrected chi connectivity index (χ0v) is 7.30. The normalized spacial score (nSPS) is 19.7. The third kappa shape index (κ3) is 9.48. The summed E-state index contributed by atoms with van der Waals surface area (Å²) in [7, 11) is 0. The van der Waals surface area contributed by atoms with Crippen molar-refractivity contribution in [2.45, 2.75) is 41.0 Å². The molecule has 0 spiro atoms. The topological polar surface area (TPSA) is 0 Å². The monoisotopic (exact) mass is 154 g/mol. The van der Waals surface area contributed by atoms with Crippen LogP contribution in [-0.2, 0) is 0 Å². The van der Waals surface area contributed by atoms with Gasteiger partial charge in [0.2, 0.25) is 0 Å². The van der Waals surface area contributed by atoms with Gasteiger partial charge in [0.1, 0.15) is 0 Å². The van der Waals surface area contributed by atoms with E-state index < -0.39 is 0 Å². The summed E-state index contributed by atoms with van der Waals surface area (Å²) >= 11 is 0. The van der Waals surface area contributed by atoms with Crippen LogP contribution in [-0.4, -0.2) is 0 Å². The number of hydrogen-bond acceptors (Lipinski definition) is 0. The van der Waals surface area contributed by atoms with Crippen LogP contribution in [0.15, 0.2) is 24.3 Å². The highest BCUT2D eigenvalue weighted by atomic mass is 14.0. The molecular weight excluding hydrogens is 132 g/mol. The number of rotatable bonds is 0. The lowest BCUT2D eigenvalue weighted by Crippen LogP contribution is -1.87. The molecule has 0 saturated heterocycles. The lowest BCUT2D eigenvalue weighted by Gasteiger charge is -2.02. The van der Waals surface area contributed by atoms with Gasteiger partial charge in [-0.25, -0.2) is 0 Å². The molecule has 0 amide bonds. The molecule has 0 fully saturated rings. The zero-order valence-electron chi connectivity index (χ0n) is 7.30. The van der Waals surface area contributed by atoms with Crippen molar-refractivity contribution in [3.63, 3.8) is 0 Å². The van der Waals surface area contributed by atoms with Crippen molar-refractivity contribution in [3.05, 3.63) is 24.3 Å². The first-order valence-electron chi connectivity index (χ1n) is 4.14. The van der Waals surface area contributed by atoms with Crippen LogP contribution in [0, 0.1) is 5.92 Å². The van der Waals surface area contributed by atoms with E-state index in [-0.39, 0.29) is 7.43 Å². The van der Waals surface area contributed by atoms with Crippen LogP contribution in [0.4, 0.5) is 0 Å². The van der Waals surface area contributed by atoms with Crippen LogP contribution in [0.3, 0.4) is 0 Å². The summed E-state index contributed by atoms with van der Waals surface area (Å²) in [5, 5.41) is 0. The van der Waals surface area contributed by atoms with Crippen molar-refractivity contribution in [3.8, 4) is 0 Å². The van der Waals surface area contributed by atoms with Crippen molar-refractivity contribution in [1.82, 2.24) is 0 Å². The van der Waals surface area contributed by atoms with Crippen LogP contribution < -0.4 is 0 Å². The van der Waals surface area contributed by atoms with Gasteiger partial charge in [-0.05, 0) is 12.3 Å². The summed E-state index contributed by atoms with van der Waals surface area (Å²) in [4.78, 5) is 0. The van der Waals surface area contributed by atoms with Crippen molar-refractivity contribution >= 4 is 0 Å². The molecule has 0 radical (unpaired) electrons. The molecule has 0 heteroatoms. The van der Waals surface area contributed by atoms with Gasteiger partial charge in [0.25, 0.3) is 0 Å². The Balaban J connectivity index is 0. The summed E-state index contributed by atoms with van der Waals surface area (Å²) in [6, 6.07) is 0. The third-order valence-electron chi connectivity index (χ3n) is 1.19. The average Bonchev–Trinajstić information content (AvgIpc) is 1.91. The second kappa shape index (κ2) is 9.48. The number of hydrogen-bond donors (Lipinski definition) is 0. The van der Waals surface area contributed by atoms with Gasteiger partial charge in [-0.15, -0.1) is 0 Å². The Morgan fingerprint density at radius 2 is 1.82 bits per heavy atom. The van der Waals surface area contributed by atoms with Crippen LogP contribution >= 0.6 is 0 Å². The molecule has 0 bridgehead atoms. The molecular formula is C11H22. The summed E-state index contributed by atoms with van der Waals surface area (Å²) in [6.45, 7) is 6.47. The molecule has 0 aromatic heterocycles. The smallest absolute Gasteiger partial charge is 0.0224 e. The highest BCUT2D eigenvalue weighted by molar-refractivity contribution is 5.09. The van der Waals surface area contributed by atoms with E-state index in [0.29, 0.717) is 0 Å². The Morgan fingerprint density at radius 1 is 1.27 bits per heavy atom. The molecule has 0 saturated carbocycles. The third-order valence-corrected chi connectivity index (χ3v) is 1.19. The molecule has 1 unspecified atom stereocenters. The molecule has 0 aromatic rings. The van der Waals surface area contributed by atoms with E-state index in [0.717, 1.165) is 5.92 Å². The molecule has 1 rings (SSSR count). The van der Waals surface area contributed by atoms with Gasteiger partial charge in [-0.1, -0.05) is 58.9 Å². The maximum absolute atomic E-state index is 2.22. The van der Waals surface area contributed by atoms with E-state index in [9.17, 15) is 0 Å². The second-order valence-electron chi connectivity index (χ2n) is 2.73. The van der Waals surface area contributed by atoms with E-state index >= 15 is 0 Å². The highest BCUT2D eigenvalue weighted by Crippen LogP contribution is 2.08. The Labute approximate surface area is 72.0 Å². The summed E-state index contributed by atoms with van der Waals surface area (Å²) in [6.07, 6.45) is 11.1. The fourth-order valence-corrected chi connectivity index (χ4v) is 0.704. The molecule has 0 heterocycles. The van der Waals surface area contributed by atoms with Gasteiger partial charge in [-0.2, -0.15) is 0 Å². The maximum Gasteiger partial charge on any atom is -0.0224 e. The van der Waals surface area contributed by atoms with Crippen LogP contribution in [0.1, 0.15) is 41.0 Å². The molecule has 11 heavy (non-hydrogen) atoms. The van der Waals surface area contributed by atoms with E-state index in [1.54, 1.807) is 0 Å². The second-order valence-corrected chi connectivity index (χ2v) is 2.73. The SMILES string of the molecule is C.CC1C=CC=CC1.CCC. The van der Waals surface area contributed by atoms with Crippen LogP contribution in [0.25, 0.3) is 0 Å². The highest BCUT2D eigenvalue weighted by Gasteiger charge is 1.93. The zero-order chi connectivity index (χ0) is 7.82. The lowest BCUT2D eigenvalue weighted by atomic mass is 10.0. The van der Waals surface area contributed by atoms with Gasteiger partial charge >= 0.3 is 0 Å². The molecule has 66 valence electrons. The van der Waals surface area contributed by atoms with E-state index in [4.69, 9.17) is 0 Å². The van der Waals surface area contributed by atoms with Crippen molar-refractivity contribution in [2.24, 2.45) is 5.92 Å². The Hall–Kier alpha value is -0.520. The van der Waals surface area contributed by atoms with Crippen LogP contribution in [0.5, 0.6) is 0 Å². The van der Waals surface area contributed by atoms with Gasteiger partial charge in [0.15, 0.2) is 0 Å². The Kier molecular flexibility index (Phi) is 11.3. The standard InChI is InChI=1S/C7H10.C3H8.CH4/c1-7-5-3-2-4-6-7;1-3-2;/h2-5,7H,6H2,1H3;3H2,1-2H3;1H4. The maximum atomic E-state index is 2.22. The predicted molar refractivity (Wildman–Crippen MR) is 54.8 cm³/mol. The largest absolute Gasteiger partial charge is 0.0840 e. The predicted octanol–water partition coefficient (Wildman–Crippen LogP) is 4.19. The van der Waals surface area contributed by atoms with Crippen molar-refractivity contribution in [1.29, 1.82) is 0 Å².